The van der Waals surface area contributed by atoms with E-state index in [0.717, 1.165) is 50.4 Å². The van der Waals surface area contributed by atoms with Crippen LogP contribution in [0.25, 0.3) is 5.52 Å². The van der Waals surface area contributed by atoms with E-state index in [1.807, 2.05) is 68.9 Å². The Bertz CT molecular complexity index is 1180. The summed E-state index contributed by atoms with van der Waals surface area (Å²) in [6, 6.07) is 15.1. The van der Waals surface area contributed by atoms with Gasteiger partial charge < -0.3 is 19.1 Å². The fourth-order valence-corrected chi connectivity index (χ4v) is 5.14. The first-order valence-corrected chi connectivity index (χ1v) is 12.5. The van der Waals surface area contributed by atoms with Crippen LogP contribution in [0.4, 0.5) is 0 Å². The number of carbonyl (C=O) groups excluding carboxylic acids is 2. The largest absolute Gasteiger partial charge is 0.335 e. The zero-order chi connectivity index (χ0) is 24.4. The maximum Gasteiger partial charge on any atom is 0.274 e. The molecule has 2 amide bonds. The Morgan fingerprint density at radius 1 is 0.943 bits per heavy atom. The number of nitrogens with zero attached hydrogens (tertiary/aromatic N) is 6. The fraction of sp³-hybridized carbons (Fsp3) is 0.444. The van der Waals surface area contributed by atoms with Crippen molar-refractivity contribution in [3.63, 3.8) is 0 Å². The molecule has 0 unspecified atom stereocenters. The highest BCUT2D eigenvalue weighted by Gasteiger charge is 2.35. The van der Waals surface area contributed by atoms with Crippen LogP contribution in [0, 0.1) is 0 Å². The lowest BCUT2D eigenvalue weighted by Crippen LogP contribution is -2.50. The third kappa shape index (κ3) is 4.81. The molecule has 2 aromatic heterocycles. The average molecular weight is 475 g/mol. The molecule has 1 aromatic carbocycles. The molecule has 8 nitrogen and oxygen atoms in total. The Morgan fingerprint density at radius 2 is 1.69 bits per heavy atom. The second-order valence-electron chi connectivity index (χ2n) is 9.73. The highest BCUT2D eigenvalue weighted by Crippen LogP contribution is 2.34. The molecule has 0 bridgehead atoms. The van der Waals surface area contributed by atoms with Crippen LogP contribution in [0.15, 0.2) is 54.7 Å². The number of imidazole rings is 1. The van der Waals surface area contributed by atoms with Gasteiger partial charge in [-0.3, -0.25) is 14.5 Å². The molecule has 184 valence electrons. The Hall–Kier alpha value is -3.23. The average Bonchev–Trinajstić information content (AvgIpc) is 3.52. The summed E-state index contributed by atoms with van der Waals surface area (Å²) in [4.78, 5) is 40.2. The minimum atomic E-state index is -0.151. The van der Waals surface area contributed by atoms with Gasteiger partial charge in [0.25, 0.3) is 11.8 Å². The van der Waals surface area contributed by atoms with Gasteiger partial charge in [0.15, 0.2) is 5.69 Å². The summed E-state index contributed by atoms with van der Waals surface area (Å²) < 4.78 is 2.00. The van der Waals surface area contributed by atoms with Crippen molar-refractivity contribution in [2.24, 2.45) is 0 Å². The van der Waals surface area contributed by atoms with Crippen molar-refractivity contribution < 1.29 is 9.59 Å². The summed E-state index contributed by atoms with van der Waals surface area (Å²) in [5.74, 6) is 0.768. The van der Waals surface area contributed by atoms with E-state index in [1.54, 1.807) is 0 Å². The van der Waals surface area contributed by atoms with E-state index >= 15 is 0 Å². The van der Waals surface area contributed by atoms with Gasteiger partial charge in [0, 0.05) is 57.6 Å². The standard InChI is InChI=1S/C27H34N6O2/c1-29(2)15-16-30-17-19-31(20-18-30)27(35)24-22-11-6-7-13-32(22)25(28-24)23-12-8-14-33(23)26(34)21-9-4-3-5-10-21/h3-7,9-11,13,23H,8,12,14-20H2,1-2H3/t23-/m0/s1. The molecule has 2 fully saturated rings. The molecule has 4 heterocycles. The van der Waals surface area contributed by atoms with Crippen LogP contribution in [-0.4, -0.2) is 101 Å². The first-order valence-electron chi connectivity index (χ1n) is 12.5. The van der Waals surface area contributed by atoms with Gasteiger partial charge in [-0.2, -0.15) is 0 Å². The predicted octanol–water partition coefficient (Wildman–Crippen LogP) is 2.63. The molecule has 1 atom stereocenters. The number of carbonyl (C=O) groups is 2. The van der Waals surface area contributed by atoms with E-state index in [4.69, 9.17) is 4.98 Å². The number of hydrogen-bond donors (Lipinski definition) is 0. The number of rotatable bonds is 6. The van der Waals surface area contributed by atoms with Gasteiger partial charge in [-0.25, -0.2) is 4.98 Å². The van der Waals surface area contributed by atoms with Crippen LogP contribution in [0.3, 0.4) is 0 Å². The minimum absolute atomic E-state index is 0.0162. The number of likely N-dealkylation sites (N-methyl/N-ethyl adjacent to an activating group) is 1. The number of benzene rings is 1. The smallest absolute Gasteiger partial charge is 0.274 e. The topological polar surface area (TPSA) is 64.4 Å². The van der Waals surface area contributed by atoms with Crippen molar-refractivity contribution in [3.8, 4) is 0 Å². The van der Waals surface area contributed by atoms with Crippen LogP contribution < -0.4 is 0 Å². The summed E-state index contributed by atoms with van der Waals surface area (Å²) in [5.41, 5.74) is 1.98. The van der Waals surface area contributed by atoms with E-state index in [9.17, 15) is 9.59 Å². The van der Waals surface area contributed by atoms with Crippen LogP contribution in [0.5, 0.6) is 0 Å². The number of piperazine rings is 1. The van der Waals surface area contributed by atoms with Crippen LogP contribution >= 0.6 is 0 Å². The third-order valence-corrected chi connectivity index (χ3v) is 7.13. The fourth-order valence-electron chi connectivity index (χ4n) is 5.14. The van der Waals surface area contributed by atoms with Crippen LogP contribution in [-0.2, 0) is 0 Å². The van der Waals surface area contributed by atoms with E-state index in [1.165, 1.54) is 0 Å². The molecule has 2 aliphatic heterocycles. The van der Waals surface area contributed by atoms with Crippen molar-refractivity contribution in [3.05, 3.63) is 71.8 Å². The number of fused-ring (bicyclic) bond motifs is 1. The van der Waals surface area contributed by atoms with Crippen LogP contribution in [0.2, 0.25) is 0 Å². The molecule has 0 N–H and O–H groups in total. The van der Waals surface area contributed by atoms with Gasteiger partial charge in [0.2, 0.25) is 0 Å². The molecule has 0 radical (unpaired) electrons. The second kappa shape index (κ2) is 10.2. The van der Waals surface area contributed by atoms with Gasteiger partial charge >= 0.3 is 0 Å². The third-order valence-electron chi connectivity index (χ3n) is 7.13. The Balaban J connectivity index is 1.38. The molecule has 2 aliphatic rings. The number of pyridine rings is 1. The summed E-state index contributed by atoms with van der Waals surface area (Å²) in [7, 11) is 4.17. The SMILES string of the molecule is CN(C)CCN1CCN(C(=O)c2nc([C@@H]3CCCN3C(=O)c3ccccc3)n3ccccc23)CC1. The van der Waals surface area contributed by atoms with Crippen LogP contribution in [0.1, 0.15) is 45.6 Å². The minimum Gasteiger partial charge on any atom is -0.335 e. The molecule has 8 heteroatoms. The number of hydrogen-bond acceptors (Lipinski definition) is 5. The highest BCUT2D eigenvalue weighted by atomic mass is 16.2. The normalized spacial score (nSPS) is 19.1. The zero-order valence-electron chi connectivity index (χ0n) is 20.6. The van der Waals surface area contributed by atoms with E-state index in [0.29, 0.717) is 30.9 Å². The van der Waals surface area contributed by atoms with Gasteiger partial charge in [0.05, 0.1) is 11.6 Å². The van der Waals surface area contributed by atoms with E-state index in [2.05, 4.69) is 23.9 Å². The van der Waals surface area contributed by atoms with Gasteiger partial charge in [-0.05, 0) is 51.2 Å². The first-order chi connectivity index (χ1) is 17.0. The molecular weight excluding hydrogens is 440 g/mol. The Labute approximate surface area is 206 Å². The monoisotopic (exact) mass is 474 g/mol. The summed E-state index contributed by atoms with van der Waals surface area (Å²) in [6.07, 6.45) is 3.71. The van der Waals surface area contributed by atoms with Crippen molar-refractivity contribution in [1.82, 2.24) is 29.0 Å². The molecule has 2 saturated heterocycles. The van der Waals surface area contributed by atoms with Gasteiger partial charge in [-0.1, -0.05) is 24.3 Å². The van der Waals surface area contributed by atoms with Crippen molar-refractivity contribution in [2.45, 2.75) is 18.9 Å². The summed E-state index contributed by atoms with van der Waals surface area (Å²) in [5, 5.41) is 0. The Kier molecular flexibility index (Phi) is 6.83. The molecular formula is C27H34N6O2. The molecule has 0 aliphatic carbocycles. The van der Waals surface area contributed by atoms with Crippen molar-refractivity contribution in [1.29, 1.82) is 0 Å². The van der Waals surface area contributed by atoms with Crippen molar-refractivity contribution in [2.75, 3.05) is 59.9 Å². The molecule has 0 spiro atoms. The molecule has 0 saturated carbocycles. The predicted molar refractivity (Wildman–Crippen MR) is 136 cm³/mol. The molecule has 35 heavy (non-hydrogen) atoms. The molecule has 3 aromatic rings. The summed E-state index contributed by atoms with van der Waals surface area (Å²) in [6.45, 7) is 5.88. The lowest BCUT2D eigenvalue weighted by molar-refractivity contribution is 0.0626. The van der Waals surface area contributed by atoms with Gasteiger partial charge in [-0.15, -0.1) is 0 Å². The highest BCUT2D eigenvalue weighted by molar-refractivity contribution is 5.99. The van der Waals surface area contributed by atoms with Gasteiger partial charge in [0.1, 0.15) is 5.82 Å². The zero-order valence-corrected chi connectivity index (χ0v) is 20.6. The van der Waals surface area contributed by atoms with E-state index < -0.39 is 0 Å². The van der Waals surface area contributed by atoms with E-state index in [-0.39, 0.29) is 17.9 Å². The molecule has 5 rings (SSSR count). The lowest BCUT2D eigenvalue weighted by Gasteiger charge is -2.34. The summed E-state index contributed by atoms with van der Waals surface area (Å²) >= 11 is 0. The lowest BCUT2D eigenvalue weighted by atomic mass is 10.1. The number of aromatic nitrogens is 2. The maximum atomic E-state index is 13.6. The first kappa shape index (κ1) is 23.5. The maximum absolute atomic E-state index is 13.6. The number of amides is 2. The second-order valence-corrected chi connectivity index (χ2v) is 9.73. The quantitative estimate of drug-likeness (QED) is 0.550. The van der Waals surface area contributed by atoms with Crippen molar-refractivity contribution >= 4 is 17.3 Å². The Morgan fingerprint density at radius 3 is 2.43 bits per heavy atom. The number of likely N-dealkylation sites (tertiary alicyclic amines) is 1.